The number of nitrogens with one attached hydrogen (secondary N) is 1. The highest BCUT2D eigenvalue weighted by Gasteiger charge is 2.22. The fraction of sp³-hybridized carbons (Fsp3) is 0.312. The summed E-state index contributed by atoms with van der Waals surface area (Å²) in [6, 6.07) is 5.21. The number of carboxylic acid groups (broad SMARTS) is 1. The fourth-order valence-electron chi connectivity index (χ4n) is 2.04. The van der Waals surface area contributed by atoms with Crippen molar-refractivity contribution < 1.29 is 23.6 Å². The van der Waals surface area contributed by atoms with Crippen LogP contribution in [0, 0.1) is 13.8 Å². The first kappa shape index (κ1) is 18.0. The van der Waals surface area contributed by atoms with Crippen LogP contribution in [0.5, 0.6) is 0 Å². The molecule has 0 aliphatic heterocycles. The number of aryl methyl sites for hydroxylation is 2. The first-order chi connectivity index (χ1) is 11.4. The van der Waals surface area contributed by atoms with Crippen LogP contribution in [-0.2, 0) is 10.5 Å². The van der Waals surface area contributed by atoms with Gasteiger partial charge in [-0.3, -0.25) is 4.79 Å². The Hall–Kier alpha value is -2.35. The van der Waals surface area contributed by atoms with Gasteiger partial charge in [0.25, 0.3) is 5.91 Å². The maximum Gasteiger partial charge on any atom is 0.328 e. The number of amides is 1. The maximum absolute atomic E-state index is 12.7. The highest BCUT2D eigenvalue weighted by atomic mass is 32.2. The number of aliphatic carboxylic acids is 1. The Morgan fingerprint density at radius 3 is 2.67 bits per heavy atom. The van der Waals surface area contributed by atoms with Crippen molar-refractivity contribution in [3.05, 3.63) is 46.8 Å². The average Bonchev–Trinajstić information content (AvgIpc) is 2.88. The van der Waals surface area contributed by atoms with E-state index in [1.807, 2.05) is 13.8 Å². The van der Waals surface area contributed by atoms with Gasteiger partial charge in [0, 0.05) is 16.2 Å². The molecule has 0 saturated carbocycles. The highest BCUT2D eigenvalue weighted by molar-refractivity contribution is 7.98. The maximum atomic E-state index is 12.7. The normalized spacial score (nSPS) is 12.0. The summed E-state index contributed by atoms with van der Waals surface area (Å²) in [5.41, 5.74) is 2.03. The number of halogens is 1. The Balaban J connectivity index is 2.15. The highest BCUT2D eigenvalue weighted by Crippen LogP contribution is 2.28. The second-order valence-electron chi connectivity index (χ2n) is 5.11. The third-order valence-electron chi connectivity index (χ3n) is 3.44. The molecular formula is C16H17FN2O4S. The summed E-state index contributed by atoms with van der Waals surface area (Å²) < 4.78 is 17.8. The largest absolute Gasteiger partial charge is 0.480 e. The molecule has 1 unspecified atom stereocenters. The molecule has 0 aliphatic rings. The number of hydrogen-bond acceptors (Lipinski definition) is 5. The average molecular weight is 352 g/mol. The zero-order valence-electron chi connectivity index (χ0n) is 13.2. The van der Waals surface area contributed by atoms with Crippen molar-refractivity contribution in [1.82, 2.24) is 10.5 Å². The van der Waals surface area contributed by atoms with Crippen molar-refractivity contribution >= 4 is 23.6 Å². The molecule has 1 aromatic heterocycles. The quantitative estimate of drug-likeness (QED) is 0.745. The minimum absolute atomic E-state index is 0.300. The lowest BCUT2D eigenvalue weighted by Crippen LogP contribution is -2.42. The molecule has 2 N–H and O–H groups in total. The molecule has 2 rings (SSSR count). The summed E-state index contributed by atoms with van der Waals surface area (Å²) in [7, 11) is 0. The van der Waals surface area contributed by atoms with E-state index in [0.29, 0.717) is 22.0 Å². The minimum Gasteiger partial charge on any atom is -0.480 e. The summed E-state index contributed by atoms with van der Waals surface area (Å²) in [4.78, 5) is 23.8. The molecule has 8 heteroatoms. The monoisotopic (exact) mass is 352 g/mol. The van der Waals surface area contributed by atoms with E-state index in [1.165, 1.54) is 11.8 Å². The van der Waals surface area contributed by atoms with Crippen molar-refractivity contribution in [3.8, 4) is 0 Å². The molecule has 0 aliphatic carbocycles. The predicted molar refractivity (Wildman–Crippen MR) is 86.8 cm³/mol. The lowest BCUT2D eigenvalue weighted by atomic mass is 10.2. The van der Waals surface area contributed by atoms with Gasteiger partial charge in [-0.1, -0.05) is 17.3 Å². The van der Waals surface area contributed by atoms with E-state index in [-0.39, 0.29) is 0 Å². The van der Waals surface area contributed by atoms with Crippen LogP contribution >= 0.6 is 11.8 Å². The van der Waals surface area contributed by atoms with E-state index in [1.54, 1.807) is 24.3 Å². The van der Waals surface area contributed by atoms with Gasteiger partial charge in [-0.25, -0.2) is 9.18 Å². The van der Waals surface area contributed by atoms with Gasteiger partial charge in [0.2, 0.25) is 0 Å². The number of nitrogens with zero attached hydrogens (tertiary/aromatic N) is 1. The predicted octanol–water partition coefficient (Wildman–Crippen LogP) is 2.74. The molecule has 0 bridgehead atoms. The number of hydrogen-bond donors (Lipinski definition) is 2. The Morgan fingerprint density at radius 1 is 1.38 bits per heavy atom. The van der Waals surface area contributed by atoms with Gasteiger partial charge in [0.1, 0.15) is 12.4 Å². The van der Waals surface area contributed by atoms with E-state index in [4.69, 9.17) is 9.63 Å². The van der Waals surface area contributed by atoms with Gasteiger partial charge in [0.05, 0.1) is 11.3 Å². The van der Waals surface area contributed by atoms with Gasteiger partial charge in [-0.15, -0.1) is 11.8 Å². The second-order valence-corrected chi connectivity index (χ2v) is 6.12. The van der Waals surface area contributed by atoms with Gasteiger partial charge < -0.3 is 14.9 Å². The zero-order valence-corrected chi connectivity index (χ0v) is 14.0. The molecule has 0 fully saturated rings. The molecule has 1 atom stereocenters. The third kappa shape index (κ3) is 4.14. The van der Waals surface area contributed by atoms with E-state index in [2.05, 4.69) is 10.5 Å². The summed E-state index contributed by atoms with van der Waals surface area (Å²) in [6.07, 6.45) is 0. The molecule has 24 heavy (non-hydrogen) atoms. The lowest BCUT2D eigenvalue weighted by Gasteiger charge is -2.13. The number of benzene rings is 1. The topological polar surface area (TPSA) is 92.4 Å². The van der Waals surface area contributed by atoms with Crippen molar-refractivity contribution in [2.24, 2.45) is 0 Å². The van der Waals surface area contributed by atoms with E-state index < -0.39 is 24.6 Å². The number of carboxylic acids is 1. The number of carbonyl (C=O) groups is 2. The Morgan fingerprint density at radius 2 is 2.08 bits per heavy atom. The molecule has 1 aromatic carbocycles. The summed E-state index contributed by atoms with van der Waals surface area (Å²) in [6.45, 7) is 2.48. The molecule has 6 nitrogen and oxygen atoms in total. The molecule has 2 aromatic rings. The van der Waals surface area contributed by atoms with Gasteiger partial charge >= 0.3 is 5.97 Å². The van der Waals surface area contributed by atoms with Crippen molar-refractivity contribution in [3.63, 3.8) is 0 Å². The van der Waals surface area contributed by atoms with Gasteiger partial charge in [-0.05, 0) is 26.0 Å². The zero-order chi connectivity index (χ0) is 17.7. The van der Waals surface area contributed by atoms with Crippen LogP contribution in [0.3, 0.4) is 0 Å². The van der Waals surface area contributed by atoms with Crippen LogP contribution in [0.25, 0.3) is 0 Å². The molecular weight excluding hydrogens is 335 g/mol. The van der Waals surface area contributed by atoms with Crippen molar-refractivity contribution in [1.29, 1.82) is 0 Å². The Kier molecular flexibility index (Phi) is 5.97. The van der Waals surface area contributed by atoms with Crippen LogP contribution in [0.15, 0.2) is 33.7 Å². The van der Waals surface area contributed by atoms with E-state index in [0.717, 1.165) is 11.3 Å². The molecule has 0 saturated heterocycles. The first-order valence-electron chi connectivity index (χ1n) is 7.17. The standard InChI is InChI=1S/C16H17FN2O4S/c1-9-12(10(2)23-19-9)8-24-14-6-4-3-5-11(14)15(20)18-13(7-17)16(21)22/h3-6,13H,7-8H2,1-2H3,(H,18,20)(H,21,22). The minimum atomic E-state index is -1.56. The van der Waals surface area contributed by atoms with Crippen LogP contribution < -0.4 is 5.32 Å². The van der Waals surface area contributed by atoms with Gasteiger partial charge in [0.15, 0.2) is 6.04 Å². The van der Waals surface area contributed by atoms with Crippen molar-refractivity contribution in [2.45, 2.75) is 30.5 Å². The summed E-state index contributed by atoms with van der Waals surface area (Å²) in [5, 5.41) is 14.9. The van der Waals surface area contributed by atoms with Crippen LogP contribution in [0.4, 0.5) is 4.39 Å². The summed E-state index contributed by atoms with van der Waals surface area (Å²) in [5.74, 6) is -0.768. The number of thioether (sulfide) groups is 1. The molecule has 0 spiro atoms. The Bertz CT molecular complexity index is 728. The van der Waals surface area contributed by atoms with E-state index in [9.17, 15) is 14.0 Å². The molecule has 128 valence electrons. The molecule has 1 amide bonds. The number of rotatable bonds is 7. The SMILES string of the molecule is Cc1noc(C)c1CSc1ccccc1C(=O)NC(CF)C(=O)O. The smallest absolute Gasteiger partial charge is 0.328 e. The van der Waals surface area contributed by atoms with Crippen LogP contribution in [-0.4, -0.2) is 34.9 Å². The fourth-order valence-corrected chi connectivity index (χ4v) is 3.24. The molecule has 0 radical (unpaired) electrons. The summed E-state index contributed by atoms with van der Waals surface area (Å²) >= 11 is 1.40. The number of alkyl halides is 1. The Labute approximate surface area is 142 Å². The second kappa shape index (κ2) is 7.96. The third-order valence-corrected chi connectivity index (χ3v) is 4.54. The van der Waals surface area contributed by atoms with Crippen molar-refractivity contribution in [2.75, 3.05) is 6.67 Å². The van der Waals surface area contributed by atoms with Crippen LogP contribution in [0.1, 0.15) is 27.4 Å². The number of aromatic nitrogens is 1. The van der Waals surface area contributed by atoms with Crippen LogP contribution in [0.2, 0.25) is 0 Å². The van der Waals surface area contributed by atoms with E-state index >= 15 is 0 Å². The number of carbonyl (C=O) groups excluding carboxylic acids is 1. The first-order valence-corrected chi connectivity index (χ1v) is 8.15. The van der Waals surface area contributed by atoms with Gasteiger partial charge in [-0.2, -0.15) is 0 Å². The molecule has 1 heterocycles. The lowest BCUT2D eigenvalue weighted by molar-refractivity contribution is -0.139.